The number of allylic oxidation sites excluding steroid dienone is 4. The Hall–Kier alpha value is -1.49. The number of amides is 1. The van der Waals surface area contributed by atoms with Gasteiger partial charge in [-0.1, -0.05) is 29.2 Å². The van der Waals surface area contributed by atoms with Gasteiger partial charge in [0.1, 0.15) is 0 Å². The number of nitrogens with two attached hydrogens (primary N) is 1. The fourth-order valence-corrected chi connectivity index (χ4v) is 1.23. The summed E-state index contributed by atoms with van der Waals surface area (Å²) in [5.41, 5.74) is 7.44. The molecule has 2 heteroatoms. The molecule has 1 atom stereocenters. The first-order chi connectivity index (χ1) is 6.09. The van der Waals surface area contributed by atoms with Gasteiger partial charge in [0, 0.05) is 5.92 Å². The van der Waals surface area contributed by atoms with Crippen LogP contribution in [0.4, 0.5) is 0 Å². The van der Waals surface area contributed by atoms with Crippen molar-refractivity contribution in [2.75, 3.05) is 0 Å². The summed E-state index contributed by atoms with van der Waals surface area (Å²) in [5, 5.41) is 0. The molecular formula is C11H13NO. The van der Waals surface area contributed by atoms with E-state index in [9.17, 15) is 4.79 Å². The van der Waals surface area contributed by atoms with E-state index in [0.717, 1.165) is 6.42 Å². The molecule has 0 spiro atoms. The predicted octanol–water partition coefficient (Wildman–Crippen LogP) is 1.39. The van der Waals surface area contributed by atoms with E-state index in [4.69, 9.17) is 5.73 Å². The molecule has 68 valence electrons. The lowest BCUT2D eigenvalue weighted by Gasteiger charge is -2.12. The number of hydrogen-bond acceptors (Lipinski definition) is 1. The molecule has 0 fully saturated rings. The standard InChI is InChI=1S/C11H13NO/c1-8-3-4-10(7-9(8)2)5-6-11(12)13/h3,7,10H,4H2,1-2H3,(H2,12,13). The minimum absolute atomic E-state index is 0.149. The summed E-state index contributed by atoms with van der Waals surface area (Å²) in [5.74, 6) is 4.78. The van der Waals surface area contributed by atoms with Crippen LogP contribution in [0.25, 0.3) is 0 Å². The van der Waals surface area contributed by atoms with Gasteiger partial charge in [0.15, 0.2) is 0 Å². The summed E-state index contributed by atoms with van der Waals surface area (Å²) in [7, 11) is 0. The van der Waals surface area contributed by atoms with Crippen molar-refractivity contribution in [2.24, 2.45) is 11.7 Å². The van der Waals surface area contributed by atoms with Crippen LogP contribution < -0.4 is 5.73 Å². The second-order valence-corrected chi connectivity index (χ2v) is 3.21. The molecule has 0 aromatic carbocycles. The van der Waals surface area contributed by atoms with E-state index < -0.39 is 5.91 Å². The Bertz CT molecular complexity index is 339. The van der Waals surface area contributed by atoms with Crippen LogP contribution in [0, 0.1) is 17.8 Å². The topological polar surface area (TPSA) is 43.1 Å². The van der Waals surface area contributed by atoms with Crippen LogP contribution in [0.15, 0.2) is 23.3 Å². The highest BCUT2D eigenvalue weighted by molar-refractivity contribution is 5.92. The van der Waals surface area contributed by atoms with Crippen LogP contribution >= 0.6 is 0 Å². The molecule has 1 rings (SSSR count). The van der Waals surface area contributed by atoms with E-state index in [0.29, 0.717) is 0 Å². The van der Waals surface area contributed by atoms with Gasteiger partial charge in [0.25, 0.3) is 5.91 Å². The molecule has 13 heavy (non-hydrogen) atoms. The van der Waals surface area contributed by atoms with Crippen molar-refractivity contribution in [1.82, 2.24) is 0 Å². The molecule has 0 bridgehead atoms. The quantitative estimate of drug-likeness (QED) is 0.555. The van der Waals surface area contributed by atoms with Crippen LogP contribution in [-0.2, 0) is 4.79 Å². The van der Waals surface area contributed by atoms with E-state index in [1.165, 1.54) is 11.1 Å². The van der Waals surface area contributed by atoms with Gasteiger partial charge in [0.2, 0.25) is 0 Å². The van der Waals surface area contributed by atoms with Crippen molar-refractivity contribution in [1.29, 1.82) is 0 Å². The first kappa shape index (κ1) is 9.60. The molecule has 2 N–H and O–H groups in total. The monoisotopic (exact) mass is 175 g/mol. The summed E-state index contributed by atoms with van der Waals surface area (Å²) < 4.78 is 0. The third-order valence-corrected chi connectivity index (χ3v) is 2.13. The third kappa shape index (κ3) is 2.79. The van der Waals surface area contributed by atoms with Gasteiger partial charge in [-0.15, -0.1) is 0 Å². The Morgan fingerprint density at radius 3 is 2.77 bits per heavy atom. The van der Waals surface area contributed by atoms with Crippen molar-refractivity contribution >= 4 is 5.91 Å². The average Bonchev–Trinajstić information content (AvgIpc) is 2.07. The van der Waals surface area contributed by atoms with Gasteiger partial charge in [-0.2, -0.15) is 0 Å². The van der Waals surface area contributed by atoms with Crippen molar-refractivity contribution < 1.29 is 4.79 Å². The highest BCUT2D eigenvalue weighted by Gasteiger charge is 2.07. The zero-order valence-electron chi connectivity index (χ0n) is 7.92. The molecule has 0 heterocycles. The first-order valence-electron chi connectivity index (χ1n) is 4.26. The minimum Gasteiger partial charge on any atom is -0.359 e. The predicted molar refractivity (Wildman–Crippen MR) is 52.6 cm³/mol. The Balaban J connectivity index is 2.71. The number of primary amides is 1. The summed E-state index contributed by atoms with van der Waals surface area (Å²) in [6.07, 6.45) is 5.09. The SMILES string of the molecule is CC1=CCC(C#CC(N)=O)C=C1C. The van der Waals surface area contributed by atoms with Crippen LogP contribution in [0.1, 0.15) is 20.3 Å². The van der Waals surface area contributed by atoms with E-state index in [-0.39, 0.29) is 5.92 Å². The van der Waals surface area contributed by atoms with Crippen molar-refractivity contribution in [3.63, 3.8) is 0 Å². The molecule has 1 amide bonds. The van der Waals surface area contributed by atoms with Crippen LogP contribution in [-0.4, -0.2) is 5.91 Å². The Morgan fingerprint density at radius 1 is 1.54 bits per heavy atom. The molecule has 0 aromatic heterocycles. The van der Waals surface area contributed by atoms with E-state index in [1.54, 1.807) is 0 Å². The Kier molecular flexibility index (Phi) is 2.92. The summed E-state index contributed by atoms with van der Waals surface area (Å²) in [4.78, 5) is 10.4. The van der Waals surface area contributed by atoms with Crippen molar-refractivity contribution in [2.45, 2.75) is 20.3 Å². The lowest BCUT2D eigenvalue weighted by molar-refractivity contribution is -0.112. The normalized spacial score (nSPS) is 20.9. The Labute approximate surface area is 78.5 Å². The van der Waals surface area contributed by atoms with Gasteiger partial charge >= 0.3 is 0 Å². The maximum absolute atomic E-state index is 10.4. The molecule has 0 saturated heterocycles. The van der Waals surface area contributed by atoms with Crippen molar-refractivity contribution in [3.8, 4) is 11.8 Å². The minimum atomic E-state index is -0.558. The molecule has 1 unspecified atom stereocenters. The molecule has 0 aromatic rings. The van der Waals surface area contributed by atoms with Gasteiger partial charge < -0.3 is 5.73 Å². The van der Waals surface area contributed by atoms with Crippen LogP contribution in [0.2, 0.25) is 0 Å². The highest BCUT2D eigenvalue weighted by atomic mass is 16.1. The average molecular weight is 175 g/mol. The number of rotatable bonds is 0. The van der Waals surface area contributed by atoms with Gasteiger partial charge in [-0.3, -0.25) is 4.79 Å². The summed E-state index contributed by atoms with van der Waals surface area (Å²) >= 11 is 0. The summed E-state index contributed by atoms with van der Waals surface area (Å²) in [6, 6.07) is 0. The molecule has 1 aliphatic carbocycles. The zero-order chi connectivity index (χ0) is 9.84. The molecular weight excluding hydrogens is 162 g/mol. The maximum Gasteiger partial charge on any atom is 0.293 e. The van der Waals surface area contributed by atoms with Crippen molar-refractivity contribution in [3.05, 3.63) is 23.3 Å². The first-order valence-corrected chi connectivity index (χ1v) is 4.26. The number of carbonyl (C=O) groups is 1. The van der Waals surface area contributed by atoms with E-state index in [2.05, 4.69) is 30.9 Å². The zero-order valence-corrected chi connectivity index (χ0v) is 7.92. The molecule has 1 aliphatic rings. The fraction of sp³-hybridized carbons (Fsp3) is 0.364. The second kappa shape index (κ2) is 3.95. The Morgan fingerprint density at radius 2 is 2.23 bits per heavy atom. The highest BCUT2D eigenvalue weighted by Crippen LogP contribution is 2.21. The smallest absolute Gasteiger partial charge is 0.293 e. The second-order valence-electron chi connectivity index (χ2n) is 3.21. The van der Waals surface area contributed by atoms with E-state index in [1.807, 2.05) is 6.92 Å². The van der Waals surface area contributed by atoms with Crippen LogP contribution in [0.5, 0.6) is 0 Å². The van der Waals surface area contributed by atoms with Gasteiger partial charge in [0.05, 0.1) is 0 Å². The molecule has 0 radical (unpaired) electrons. The molecule has 2 nitrogen and oxygen atoms in total. The fourth-order valence-electron chi connectivity index (χ4n) is 1.23. The lowest BCUT2D eigenvalue weighted by atomic mass is 9.92. The van der Waals surface area contributed by atoms with Gasteiger partial charge in [-0.25, -0.2) is 0 Å². The van der Waals surface area contributed by atoms with E-state index >= 15 is 0 Å². The van der Waals surface area contributed by atoms with Gasteiger partial charge in [-0.05, 0) is 26.2 Å². The lowest BCUT2D eigenvalue weighted by Crippen LogP contribution is -2.07. The number of carbonyl (C=O) groups excluding carboxylic acids is 1. The molecule has 0 aliphatic heterocycles. The van der Waals surface area contributed by atoms with Crippen LogP contribution in [0.3, 0.4) is 0 Å². The molecule has 0 saturated carbocycles. The maximum atomic E-state index is 10.4. The largest absolute Gasteiger partial charge is 0.359 e. The number of hydrogen-bond donors (Lipinski definition) is 1. The third-order valence-electron chi connectivity index (χ3n) is 2.13. The summed E-state index contributed by atoms with van der Waals surface area (Å²) in [6.45, 7) is 4.12.